The van der Waals surface area contributed by atoms with Crippen molar-refractivity contribution in [3.05, 3.63) is 80.9 Å². The van der Waals surface area contributed by atoms with Crippen LogP contribution in [0.25, 0.3) is 0 Å². The van der Waals surface area contributed by atoms with Gasteiger partial charge in [-0.15, -0.1) is 0 Å². The maximum Gasteiger partial charge on any atom is 0.330 e. The molecule has 2 aromatic heterocycles. The van der Waals surface area contributed by atoms with Gasteiger partial charge in [-0.1, -0.05) is 30.3 Å². The molecule has 13 nitrogen and oxygen atoms in total. The lowest BCUT2D eigenvalue weighted by molar-refractivity contribution is -0.122. The van der Waals surface area contributed by atoms with Crippen molar-refractivity contribution in [2.75, 3.05) is 37.8 Å². The highest BCUT2D eigenvalue weighted by Crippen LogP contribution is 2.16. The van der Waals surface area contributed by atoms with Crippen LogP contribution in [0, 0.1) is 0 Å². The van der Waals surface area contributed by atoms with E-state index in [-0.39, 0.29) is 37.7 Å². The lowest BCUT2D eigenvalue weighted by atomic mass is 10.2. The van der Waals surface area contributed by atoms with Gasteiger partial charge in [0.2, 0.25) is 11.8 Å². The molecule has 13 heteroatoms. The van der Waals surface area contributed by atoms with E-state index in [2.05, 4.69) is 15.6 Å². The Hall–Kier alpha value is -4.65. The number of hydrogen-bond donors (Lipinski definition) is 4. The zero-order chi connectivity index (χ0) is 26.2. The van der Waals surface area contributed by atoms with E-state index in [1.807, 2.05) is 6.07 Å². The normalized spacial score (nSPS) is 10.8. The molecule has 5 N–H and O–H groups in total. The number of urea groups is 1. The van der Waals surface area contributed by atoms with Gasteiger partial charge >= 0.3 is 11.7 Å². The van der Waals surface area contributed by atoms with Gasteiger partial charge in [0.25, 0.3) is 5.56 Å². The fourth-order valence-electron chi connectivity index (χ4n) is 3.38. The molecule has 2 heterocycles. The molecule has 0 atom stereocenters. The molecule has 3 aromatic rings. The van der Waals surface area contributed by atoms with Gasteiger partial charge in [0, 0.05) is 7.05 Å². The van der Waals surface area contributed by atoms with Gasteiger partial charge in [0.05, 0.1) is 32.4 Å². The minimum atomic E-state index is -0.814. The average Bonchev–Trinajstić information content (AvgIpc) is 3.34. The smallest absolute Gasteiger partial charge is 0.330 e. The third kappa shape index (κ3) is 6.70. The standard InChI is InChI=1S/C23H27N7O6/c1-28(13-17(31)26-22(34)25-11-16-9-6-10-36-16)14-18(32)29(2)19-20(24)30(23(35)27-21(19)33)12-15-7-4-3-5-8-15/h3-10H,11-14,24H2,1-2H3,(H,27,33,35)(H2,25,26,31,34). The third-order valence-corrected chi connectivity index (χ3v) is 5.18. The number of carbonyl (C=O) groups is 3. The molecule has 36 heavy (non-hydrogen) atoms. The highest BCUT2D eigenvalue weighted by atomic mass is 16.3. The van der Waals surface area contributed by atoms with Gasteiger partial charge in [-0.25, -0.2) is 9.59 Å². The monoisotopic (exact) mass is 497 g/mol. The summed E-state index contributed by atoms with van der Waals surface area (Å²) in [6.07, 6.45) is 1.46. The first-order valence-corrected chi connectivity index (χ1v) is 10.9. The molecule has 0 saturated carbocycles. The van der Waals surface area contributed by atoms with Gasteiger partial charge in [0.1, 0.15) is 11.6 Å². The summed E-state index contributed by atoms with van der Waals surface area (Å²) in [6, 6.07) is 11.6. The number of aromatic amines is 1. The van der Waals surface area contributed by atoms with Crippen LogP contribution in [0.5, 0.6) is 0 Å². The number of amides is 4. The second kappa shape index (κ2) is 11.7. The van der Waals surface area contributed by atoms with E-state index in [9.17, 15) is 24.0 Å². The molecule has 0 aliphatic heterocycles. The van der Waals surface area contributed by atoms with Crippen molar-refractivity contribution in [2.24, 2.45) is 0 Å². The number of rotatable bonds is 9. The van der Waals surface area contributed by atoms with Crippen LogP contribution in [0.15, 0.2) is 62.7 Å². The predicted octanol–water partition coefficient (Wildman–Crippen LogP) is -0.319. The van der Waals surface area contributed by atoms with E-state index < -0.39 is 29.1 Å². The van der Waals surface area contributed by atoms with Crippen LogP contribution in [0.4, 0.5) is 16.3 Å². The fraction of sp³-hybridized carbons (Fsp3) is 0.261. The number of nitrogens with two attached hydrogens (primary N) is 1. The first-order chi connectivity index (χ1) is 17.2. The van der Waals surface area contributed by atoms with Crippen molar-refractivity contribution in [1.82, 2.24) is 25.1 Å². The first kappa shape index (κ1) is 26.0. The third-order valence-electron chi connectivity index (χ3n) is 5.18. The van der Waals surface area contributed by atoms with E-state index in [0.29, 0.717) is 5.76 Å². The number of aromatic nitrogens is 2. The number of anilines is 2. The summed E-state index contributed by atoms with van der Waals surface area (Å²) in [5.41, 5.74) is 5.19. The van der Waals surface area contributed by atoms with Gasteiger partial charge in [0.15, 0.2) is 5.69 Å². The van der Waals surface area contributed by atoms with Gasteiger partial charge in [-0.3, -0.25) is 34.2 Å². The molecule has 0 unspecified atom stereocenters. The largest absolute Gasteiger partial charge is 0.467 e. The van der Waals surface area contributed by atoms with Crippen molar-refractivity contribution in [2.45, 2.75) is 13.1 Å². The van der Waals surface area contributed by atoms with Gasteiger partial charge in [-0.05, 0) is 24.7 Å². The maximum atomic E-state index is 12.8. The maximum absolute atomic E-state index is 12.8. The Morgan fingerprint density at radius 2 is 1.78 bits per heavy atom. The molecule has 0 aliphatic carbocycles. The second-order valence-electron chi connectivity index (χ2n) is 8.00. The molecule has 1 aromatic carbocycles. The van der Waals surface area contributed by atoms with Crippen LogP contribution in [0.1, 0.15) is 11.3 Å². The Morgan fingerprint density at radius 1 is 1.06 bits per heavy atom. The minimum Gasteiger partial charge on any atom is -0.467 e. The van der Waals surface area contributed by atoms with E-state index in [1.54, 1.807) is 36.4 Å². The Balaban J connectivity index is 1.60. The zero-order valence-corrected chi connectivity index (χ0v) is 19.8. The summed E-state index contributed by atoms with van der Waals surface area (Å²) in [5, 5.41) is 4.62. The summed E-state index contributed by atoms with van der Waals surface area (Å²) in [6.45, 7) is -0.339. The van der Waals surface area contributed by atoms with Crippen molar-refractivity contribution < 1.29 is 18.8 Å². The number of benzene rings is 1. The molecular weight excluding hydrogens is 470 g/mol. The molecule has 190 valence electrons. The fourth-order valence-corrected chi connectivity index (χ4v) is 3.38. The van der Waals surface area contributed by atoms with E-state index in [0.717, 1.165) is 15.0 Å². The Morgan fingerprint density at radius 3 is 2.44 bits per heavy atom. The summed E-state index contributed by atoms with van der Waals surface area (Å²) in [7, 11) is 2.84. The van der Waals surface area contributed by atoms with Crippen LogP contribution in [0.2, 0.25) is 0 Å². The molecule has 0 aliphatic rings. The Kier molecular flexibility index (Phi) is 8.41. The Labute approximate surface area is 205 Å². The molecule has 3 rings (SSSR count). The highest BCUT2D eigenvalue weighted by molar-refractivity contribution is 5.97. The van der Waals surface area contributed by atoms with Crippen molar-refractivity contribution in [1.29, 1.82) is 0 Å². The van der Waals surface area contributed by atoms with Gasteiger partial charge in [-0.2, -0.15) is 0 Å². The number of furan rings is 1. The van der Waals surface area contributed by atoms with E-state index in [4.69, 9.17) is 10.2 Å². The molecule has 0 spiro atoms. The molecule has 0 bridgehead atoms. The van der Waals surface area contributed by atoms with Crippen molar-refractivity contribution in [3.8, 4) is 0 Å². The SMILES string of the molecule is CN(CC(=O)NC(=O)NCc1ccco1)CC(=O)N(C)c1c(N)n(Cc2ccccc2)c(=O)[nH]c1=O. The minimum absolute atomic E-state index is 0.0966. The topological polar surface area (TPSA) is 176 Å². The van der Waals surface area contributed by atoms with Gasteiger partial charge < -0.3 is 20.4 Å². The average molecular weight is 498 g/mol. The van der Waals surface area contributed by atoms with Crippen LogP contribution in [-0.2, 0) is 22.7 Å². The number of H-pyrrole nitrogens is 1. The quantitative estimate of drug-likeness (QED) is 0.311. The van der Waals surface area contributed by atoms with Crippen LogP contribution < -0.4 is 32.5 Å². The summed E-state index contributed by atoms with van der Waals surface area (Å²) in [4.78, 5) is 66.2. The number of hydrogen-bond acceptors (Lipinski definition) is 8. The number of carbonyl (C=O) groups excluding carboxylic acids is 3. The lowest BCUT2D eigenvalue weighted by Gasteiger charge is -2.23. The van der Waals surface area contributed by atoms with Crippen LogP contribution in [0.3, 0.4) is 0 Å². The summed E-state index contributed by atoms with van der Waals surface area (Å²) >= 11 is 0. The first-order valence-electron chi connectivity index (χ1n) is 10.9. The molecular formula is C23H27N7O6. The van der Waals surface area contributed by atoms with Crippen LogP contribution >= 0.6 is 0 Å². The molecule has 0 saturated heterocycles. The van der Waals surface area contributed by atoms with Crippen molar-refractivity contribution in [3.63, 3.8) is 0 Å². The van der Waals surface area contributed by atoms with E-state index in [1.165, 1.54) is 25.3 Å². The second-order valence-corrected chi connectivity index (χ2v) is 8.00. The number of nitrogens with one attached hydrogen (secondary N) is 3. The summed E-state index contributed by atoms with van der Waals surface area (Å²) < 4.78 is 6.25. The predicted molar refractivity (Wildman–Crippen MR) is 131 cm³/mol. The number of nitrogens with zero attached hydrogens (tertiary/aromatic N) is 3. The number of likely N-dealkylation sites (N-methyl/N-ethyl adjacent to an activating group) is 2. The lowest BCUT2D eigenvalue weighted by Crippen LogP contribution is -2.46. The summed E-state index contributed by atoms with van der Waals surface area (Å²) in [5.74, 6) is -0.849. The zero-order valence-electron chi connectivity index (χ0n) is 19.8. The molecule has 4 amide bonds. The molecule has 0 radical (unpaired) electrons. The van der Waals surface area contributed by atoms with E-state index >= 15 is 0 Å². The highest BCUT2D eigenvalue weighted by Gasteiger charge is 2.23. The van der Waals surface area contributed by atoms with Crippen LogP contribution in [-0.4, -0.2) is 59.5 Å². The number of nitrogen functional groups attached to an aromatic ring is 1. The Bertz CT molecular complexity index is 1330. The number of imide groups is 1. The molecule has 0 fully saturated rings. The van der Waals surface area contributed by atoms with Crippen molar-refractivity contribution >= 4 is 29.4 Å².